The van der Waals surface area contributed by atoms with Crippen LogP contribution in [0, 0.1) is 5.92 Å². The number of rotatable bonds is 4. The van der Waals surface area contributed by atoms with Gasteiger partial charge in [-0.1, -0.05) is 13.8 Å². The first kappa shape index (κ1) is 11.0. The van der Waals surface area contributed by atoms with Crippen molar-refractivity contribution >= 4 is 13.0 Å². The fourth-order valence-electron chi connectivity index (χ4n) is 1.51. The summed E-state index contributed by atoms with van der Waals surface area (Å²) in [6.45, 7) is 5.83. The van der Waals surface area contributed by atoms with E-state index in [1.165, 1.54) is 0 Å². The van der Waals surface area contributed by atoms with Crippen molar-refractivity contribution in [2.75, 3.05) is 0 Å². The van der Waals surface area contributed by atoms with Crippen molar-refractivity contribution < 1.29 is 4.79 Å². The van der Waals surface area contributed by atoms with Gasteiger partial charge >= 0.3 is 0 Å². The topological polar surface area (TPSA) is 30.0 Å². The van der Waals surface area contributed by atoms with Gasteiger partial charge in [0, 0.05) is 12.4 Å². The Kier molecular flexibility index (Phi) is 3.87. The number of carbonyl (C=O) groups excluding carboxylic acids is 1. The highest BCUT2D eigenvalue weighted by molar-refractivity contribution is 6.74. The zero-order chi connectivity index (χ0) is 10.6. The lowest BCUT2D eigenvalue weighted by Crippen LogP contribution is -2.20. The van der Waals surface area contributed by atoms with Crippen molar-refractivity contribution in [1.82, 2.24) is 4.98 Å². The van der Waals surface area contributed by atoms with E-state index in [1.807, 2.05) is 12.1 Å². The average molecular weight is 188 g/mol. The molecular formula is C11H15BNO. The number of nitrogens with zero attached hydrogens (tertiary/aromatic N) is 1. The van der Waals surface area contributed by atoms with E-state index >= 15 is 0 Å². The number of hydrogen-bond donors (Lipinski definition) is 0. The summed E-state index contributed by atoms with van der Waals surface area (Å²) in [6, 6.07) is 3.92. The van der Waals surface area contributed by atoms with Crippen LogP contribution in [-0.4, -0.2) is 17.9 Å². The van der Waals surface area contributed by atoms with Gasteiger partial charge in [-0.15, -0.1) is 0 Å². The van der Waals surface area contributed by atoms with Crippen LogP contribution in [0.2, 0.25) is 0 Å². The third-order valence-corrected chi connectivity index (χ3v) is 2.22. The molecule has 1 rings (SSSR count). The zero-order valence-electron chi connectivity index (χ0n) is 8.90. The smallest absolute Gasteiger partial charge is 0.210 e. The molecule has 0 bridgehead atoms. The Morgan fingerprint density at radius 2 is 1.93 bits per heavy atom. The van der Waals surface area contributed by atoms with Crippen LogP contribution in [-0.2, 0) is 4.79 Å². The lowest BCUT2D eigenvalue weighted by molar-refractivity contribution is -0.110. The summed E-state index contributed by atoms with van der Waals surface area (Å²) in [6.07, 6.45) is 3.53. The van der Waals surface area contributed by atoms with Crippen LogP contribution < -0.4 is 0 Å². The molecule has 1 aromatic rings. The van der Waals surface area contributed by atoms with E-state index in [-0.39, 0.29) is 11.5 Å². The molecule has 0 aliphatic rings. The van der Waals surface area contributed by atoms with Gasteiger partial charge in [-0.3, -0.25) is 4.98 Å². The maximum absolute atomic E-state index is 11.1. The lowest BCUT2D eigenvalue weighted by Gasteiger charge is -2.18. The quantitative estimate of drug-likeness (QED) is 0.676. The first-order valence-corrected chi connectivity index (χ1v) is 4.86. The highest BCUT2D eigenvalue weighted by Gasteiger charge is 2.18. The van der Waals surface area contributed by atoms with E-state index in [0.717, 1.165) is 5.56 Å². The normalized spacial score (nSPS) is 12.6. The Bertz CT molecular complexity index is 297. The highest BCUT2D eigenvalue weighted by Crippen LogP contribution is 2.22. The molecule has 1 unspecified atom stereocenters. The summed E-state index contributed by atoms with van der Waals surface area (Å²) in [5.41, 5.74) is 1.28. The minimum Gasteiger partial charge on any atom is -0.312 e. The molecule has 1 atom stereocenters. The van der Waals surface area contributed by atoms with Gasteiger partial charge in [0.05, 0.1) is 5.68 Å². The van der Waals surface area contributed by atoms with E-state index in [1.54, 1.807) is 26.6 Å². The second-order valence-electron chi connectivity index (χ2n) is 3.83. The molecule has 0 spiro atoms. The molecule has 0 aliphatic carbocycles. The third-order valence-electron chi connectivity index (χ3n) is 2.22. The predicted octanol–water partition coefficient (Wildman–Crippen LogP) is 2.03. The van der Waals surface area contributed by atoms with Gasteiger partial charge in [-0.2, -0.15) is 0 Å². The molecule has 0 saturated heterocycles. The molecule has 14 heavy (non-hydrogen) atoms. The summed E-state index contributed by atoms with van der Waals surface area (Å²) in [5.74, 6) is 0.636. The molecule has 0 saturated carbocycles. The van der Waals surface area contributed by atoms with Gasteiger partial charge in [0.2, 0.25) is 7.28 Å². The number of pyridine rings is 1. The molecule has 1 aromatic heterocycles. The van der Waals surface area contributed by atoms with Crippen molar-refractivity contribution in [1.29, 1.82) is 0 Å². The second kappa shape index (κ2) is 4.94. The van der Waals surface area contributed by atoms with Crippen molar-refractivity contribution in [3.63, 3.8) is 0 Å². The van der Waals surface area contributed by atoms with E-state index in [9.17, 15) is 4.79 Å². The Hall–Kier alpha value is -1.12. The first-order chi connectivity index (χ1) is 6.61. The van der Waals surface area contributed by atoms with Crippen molar-refractivity contribution in [3.8, 4) is 0 Å². The lowest BCUT2D eigenvalue weighted by atomic mass is 9.55. The van der Waals surface area contributed by atoms with Gasteiger partial charge in [-0.05, 0) is 36.4 Å². The average Bonchev–Trinajstić information content (AvgIpc) is 2.15. The minimum atomic E-state index is 0.125. The fraction of sp³-hybridized carbons (Fsp3) is 0.455. The molecule has 0 aliphatic heterocycles. The number of hydrogen-bond acceptors (Lipinski definition) is 2. The SMILES string of the molecule is CC(=O)[B]C(c1ccncc1)C(C)C. The van der Waals surface area contributed by atoms with Gasteiger partial charge < -0.3 is 4.79 Å². The standard InChI is InChI=1S/C11H15BNO/c1-8(2)11(12-9(3)14)10-4-6-13-7-5-10/h4-8,11H,1-3H3. The second-order valence-corrected chi connectivity index (χ2v) is 3.83. The molecule has 3 heteroatoms. The number of carbonyl (C=O) groups is 1. The monoisotopic (exact) mass is 188 g/mol. The van der Waals surface area contributed by atoms with Gasteiger partial charge in [0.1, 0.15) is 0 Å². The molecule has 73 valence electrons. The van der Waals surface area contributed by atoms with Crippen LogP contribution in [0.5, 0.6) is 0 Å². The van der Waals surface area contributed by atoms with E-state index in [4.69, 9.17) is 0 Å². The van der Waals surface area contributed by atoms with Crippen LogP contribution in [0.3, 0.4) is 0 Å². The molecule has 0 N–H and O–H groups in total. The maximum Gasteiger partial charge on any atom is 0.210 e. The van der Waals surface area contributed by atoms with Crippen molar-refractivity contribution in [3.05, 3.63) is 30.1 Å². The number of aromatic nitrogens is 1. The summed E-state index contributed by atoms with van der Waals surface area (Å²) in [7, 11) is 1.78. The molecule has 0 fully saturated rings. The van der Waals surface area contributed by atoms with Crippen LogP contribution in [0.15, 0.2) is 24.5 Å². The molecule has 0 amide bonds. The fourth-order valence-corrected chi connectivity index (χ4v) is 1.51. The van der Waals surface area contributed by atoms with Crippen molar-refractivity contribution in [2.24, 2.45) is 5.92 Å². The Morgan fingerprint density at radius 3 is 2.36 bits per heavy atom. The summed E-state index contributed by atoms with van der Waals surface area (Å²) < 4.78 is 0. The molecule has 0 aromatic carbocycles. The van der Waals surface area contributed by atoms with Crippen molar-refractivity contribution in [2.45, 2.75) is 26.6 Å². The zero-order valence-corrected chi connectivity index (χ0v) is 8.90. The maximum atomic E-state index is 11.1. The molecule has 1 heterocycles. The van der Waals surface area contributed by atoms with Gasteiger partial charge in [0.25, 0.3) is 0 Å². The van der Waals surface area contributed by atoms with E-state index in [0.29, 0.717) is 5.92 Å². The largest absolute Gasteiger partial charge is 0.312 e. The highest BCUT2D eigenvalue weighted by atomic mass is 16.1. The molecule has 2 nitrogen and oxygen atoms in total. The Morgan fingerprint density at radius 1 is 1.36 bits per heavy atom. The predicted molar refractivity (Wildman–Crippen MR) is 58.3 cm³/mol. The van der Waals surface area contributed by atoms with Crippen LogP contribution in [0.4, 0.5) is 0 Å². The summed E-state index contributed by atoms with van der Waals surface area (Å²) in [4.78, 5) is 15.0. The Balaban J connectivity index is 2.83. The summed E-state index contributed by atoms with van der Waals surface area (Å²) >= 11 is 0. The first-order valence-electron chi connectivity index (χ1n) is 4.86. The third kappa shape index (κ3) is 2.98. The van der Waals surface area contributed by atoms with Gasteiger partial charge in [-0.25, -0.2) is 0 Å². The summed E-state index contributed by atoms with van der Waals surface area (Å²) in [5, 5.41) is 0. The van der Waals surface area contributed by atoms with Gasteiger partial charge in [0.15, 0.2) is 0 Å². The Labute approximate surface area is 86.0 Å². The van der Waals surface area contributed by atoms with E-state index < -0.39 is 0 Å². The minimum absolute atomic E-state index is 0.125. The van der Waals surface area contributed by atoms with E-state index in [2.05, 4.69) is 18.8 Å². The van der Waals surface area contributed by atoms with Crippen LogP contribution in [0.1, 0.15) is 32.2 Å². The molecule has 1 radical (unpaired) electrons. The van der Waals surface area contributed by atoms with Crippen LogP contribution in [0.25, 0.3) is 0 Å². The molecular weight excluding hydrogens is 173 g/mol. The van der Waals surface area contributed by atoms with Crippen LogP contribution >= 0.6 is 0 Å².